The highest BCUT2D eigenvalue weighted by molar-refractivity contribution is 5.92. The van der Waals surface area contributed by atoms with Gasteiger partial charge in [0.2, 0.25) is 0 Å². The van der Waals surface area contributed by atoms with E-state index in [2.05, 4.69) is 22.1 Å². The molecule has 0 spiro atoms. The van der Waals surface area contributed by atoms with E-state index in [9.17, 15) is 4.79 Å². The molecule has 1 aliphatic heterocycles. The van der Waals surface area contributed by atoms with Gasteiger partial charge in [-0.2, -0.15) is 0 Å². The monoisotopic (exact) mass is 300 g/mol. The Labute approximate surface area is 131 Å². The van der Waals surface area contributed by atoms with Gasteiger partial charge in [0.15, 0.2) is 0 Å². The maximum atomic E-state index is 12.2. The van der Waals surface area contributed by atoms with Crippen molar-refractivity contribution in [3.05, 3.63) is 35.8 Å². The predicted molar refractivity (Wildman–Crippen MR) is 87.1 cm³/mol. The summed E-state index contributed by atoms with van der Waals surface area (Å²) in [5.41, 5.74) is 2.44. The standard InChI is InChI=1S/C17H24N4O/c1-13-6-9-21-12-15(19-16(21)11-13)17(22)18-7-10-20-8-4-3-5-14(20)2/h6,9,11-12,14H,3-5,7-8,10H2,1-2H3,(H,18,22). The number of rotatable bonds is 4. The molecule has 2 aromatic rings. The van der Waals surface area contributed by atoms with Crippen LogP contribution in [0.5, 0.6) is 0 Å². The molecule has 22 heavy (non-hydrogen) atoms. The zero-order valence-corrected chi connectivity index (χ0v) is 13.4. The number of amides is 1. The second-order valence-corrected chi connectivity index (χ2v) is 6.23. The summed E-state index contributed by atoms with van der Waals surface area (Å²) in [4.78, 5) is 19.1. The Morgan fingerprint density at radius 3 is 3.14 bits per heavy atom. The van der Waals surface area contributed by atoms with Crippen LogP contribution in [-0.4, -0.2) is 45.9 Å². The molecular weight excluding hydrogens is 276 g/mol. The summed E-state index contributed by atoms with van der Waals surface area (Å²) in [6.45, 7) is 7.03. The van der Waals surface area contributed by atoms with Crippen molar-refractivity contribution in [1.82, 2.24) is 19.6 Å². The number of fused-ring (bicyclic) bond motifs is 1. The van der Waals surface area contributed by atoms with Gasteiger partial charge in [0.05, 0.1) is 0 Å². The molecule has 2 aromatic heterocycles. The number of carbonyl (C=O) groups excluding carboxylic acids is 1. The first-order valence-corrected chi connectivity index (χ1v) is 8.11. The Balaban J connectivity index is 1.56. The fourth-order valence-corrected chi connectivity index (χ4v) is 3.09. The number of nitrogens with one attached hydrogen (secondary N) is 1. The van der Waals surface area contributed by atoms with Gasteiger partial charge in [-0.25, -0.2) is 4.98 Å². The molecule has 0 aromatic carbocycles. The minimum Gasteiger partial charge on any atom is -0.349 e. The third-order valence-electron chi connectivity index (χ3n) is 4.47. The molecule has 1 unspecified atom stereocenters. The van der Waals surface area contributed by atoms with Crippen LogP contribution in [0, 0.1) is 6.92 Å². The normalized spacial score (nSPS) is 19.5. The SMILES string of the molecule is Cc1ccn2cc(C(=O)NCCN3CCCCC3C)nc2c1. The molecule has 0 bridgehead atoms. The summed E-state index contributed by atoms with van der Waals surface area (Å²) in [7, 11) is 0. The molecule has 5 heteroatoms. The van der Waals surface area contributed by atoms with E-state index < -0.39 is 0 Å². The van der Waals surface area contributed by atoms with Crippen LogP contribution in [0.1, 0.15) is 42.2 Å². The number of aromatic nitrogens is 2. The molecule has 1 N–H and O–H groups in total. The van der Waals surface area contributed by atoms with Crippen LogP contribution in [-0.2, 0) is 0 Å². The van der Waals surface area contributed by atoms with Crippen LogP contribution < -0.4 is 5.32 Å². The second kappa shape index (κ2) is 6.48. The fourth-order valence-electron chi connectivity index (χ4n) is 3.09. The van der Waals surface area contributed by atoms with Gasteiger partial charge < -0.3 is 9.72 Å². The van der Waals surface area contributed by atoms with Crippen LogP contribution >= 0.6 is 0 Å². The minimum atomic E-state index is -0.0917. The van der Waals surface area contributed by atoms with Crippen molar-refractivity contribution in [3.8, 4) is 0 Å². The summed E-state index contributed by atoms with van der Waals surface area (Å²) in [5, 5.41) is 2.99. The molecule has 1 atom stereocenters. The number of aryl methyl sites for hydroxylation is 1. The highest BCUT2D eigenvalue weighted by Crippen LogP contribution is 2.15. The van der Waals surface area contributed by atoms with Gasteiger partial charge in [-0.15, -0.1) is 0 Å². The Bertz CT molecular complexity index is 664. The number of piperidine rings is 1. The van der Waals surface area contributed by atoms with Crippen LogP contribution in [0.15, 0.2) is 24.5 Å². The molecule has 0 aliphatic carbocycles. The topological polar surface area (TPSA) is 49.6 Å². The average molecular weight is 300 g/mol. The number of nitrogens with zero attached hydrogens (tertiary/aromatic N) is 3. The molecule has 1 amide bonds. The van der Waals surface area contributed by atoms with E-state index >= 15 is 0 Å². The predicted octanol–water partition coefficient (Wildman–Crippen LogP) is 2.25. The fraction of sp³-hybridized carbons (Fsp3) is 0.529. The first-order valence-electron chi connectivity index (χ1n) is 8.11. The number of likely N-dealkylation sites (tertiary alicyclic amines) is 1. The Morgan fingerprint density at radius 1 is 1.45 bits per heavy atom. The van der Waals surface area contributed by atoms with Crippen LogP contribution in [0.2, 0.25) is 0 Å². The maximum absolute atomic E-state index is 12.2. The lowest BCUT2D eigenvalue weighted by atomic mass is 10.0. The first-order chi connectivity index (χ1) is 10.6. The smallest absolute Gasteiger partial charge is 0.271 e. The van der Waals surface area contributed by atoms with E-state index in [0.29, 0.717) is 18.3 Å². The molecule has 0 saturated carbocycles. The Morgan fingerprint density at radius 2 is 2.32 bits per heavy atom. The quantitative estimate of drug-likeness (QED) is 0.942. The third kappa shape index (κ3) is 3.30. The summed E-state index contributed by atoms with van der Waals surface area (Å²) >= 11 is 0. The van der Waals surface area contributed by atoms with Gasteiger partial charge in [0.25, 0.3) is 5.91 Å². The Hall–Kier alpha value is -1.88. The largest absolute Gasteiger partial charge is 0.349 e. The van der Waals surface area contributed by atoms with Gasteiger partial charge in [-0.1, -0.05) is 6.42 Å². The second-order valence-electron chi connectivity index (χ2n) is 6.23. The summed E-state index contributed by atoms with van der Waals surface area (Å²) < 4.78 is 1.88. The van der Waals surface area contributed by atoms with Crippen molar-refractivity contribution < 1.29 is 4.79 Å². The number of pyridine rings is 1. The van der Waals surface area contributed by atoms with Gasteiger partial charge in [0, 0.05) is 31.5 Å². The van der Waals surface area contributed by atoms with Crippen LogP contribution in [0.25, 0.3) is 5.65 Å². The van der Waals surface area contributed by atoms with E-state index in [-0.39, 0.29) is 5.91 Å². The summed E-state index contributed by atoms with van der Waals surface area (Å²) in [6.07, 6.45) is 7.58. The van der Waals surface area contributed by atoms with Crippen LogP contribution in [0.3, 0.4) is 0 Å². The lowest BCUT2D eigenvalue weighted by Gasteiger charge is -2.33. The number of imidazole rings is 1. The maximum Gasteiger partial charge on any atom is 0.271 e. The van der Waals surface area contributed by atoms with Crippen LogP contribution in [0.4, 0.5) is 0 Å². The van der Waals surface area contributed by atoms with E-state index in [1.54, 1.807) is 6.20 Å². The van der Waals surface area contributed by atoms with Gasteiger partial charge in [0.1, 0.15) is 11.3 Å². The first kappa shape index (κ1) is 15.0. The lowest BCUT2D eigenvalue weighted by Crippen LogP contribution is -2.42. The highest BCUT2D eigenvalue weighted by atomic mass is 16.1. The zero-order chi connectivity index (χ0) is 15.5. The van der Waals surface area contributed by atoms with E-state index in [1.807, 2.05) is 29.7 Å². The molecule has 1 aliphatic rings. The molecule has 1 fully saturated rings. The van der Waals surface area contributed by atoms with Gasteiger partial charge >= 0.3 is 0 Å². The van der Waals surface area contributed by atoms with Gasteiger partial charge in [-0.05, 0) is 50.9 Å². The minimum absolute atomic E-state index is 0.0917. The zero-order valence-electron chi connectivity index (χ0n) is 13.4. The lowest BCUT2D eigenvalue weighted by molar-refractivity contribution is 0.0934. The molecule has 1 saturated heterocycles. The molecule has 5 nitrogen and oxygen atoms in total. The van der Waals surface area contributed by atoms with E-state index in [1.165, 1.54) is 19.3 Å². The van der Waals surface area contributed by atoms with Crippen molar-refractivity contribution in [2.75, 3.05) is 19.6 Å². The van der Waals surface area contributed by atoms with Gasteiger partial charge in [-0.3, -0.25) is 9.69 Å². The number of hydrogen-bond donors (Lipinski definition) is 1. The van der Waals surface area contributed by atoms with Crippen molar-refractivity contribution in [1.29, 1.82) is 0 Å². The van der Waals surface area contributed by atoms with Crippen molar-refractivity contribution in [2.24, 2.45) is 0 Å². The van der Waals surface area contributed by atoms with Crippen molar-refractivity contribution in [2.45, 2.75) is 39.2 Å². The average Bonchev–Trinajstić information content (AvgIpc) is 2.92. The molecule has 3 heterocycles. The molecule has 3 rings (SSSR count). The number of hydrogen-bond acceptors (Lipinski definition) is 3. The third-order valence-corrected chi connectivity index (χ3v) is 4.47. The molecule has 118 valence electrons. The van der Waals surface area contributed by atoms with E-state index in [0.717, 1.165) is 24.3 Å². The Kier molecular flexibility index (Phi) is 4.43. The molecule has 0 radical (unpaired) electrons. The van der Waals surface area contributed by atoms with Crippen molar-refractivity contribution >= 4 is 11.6 Å². The summed E-state index contributed by atoms with van der Waals surface area (Å²) in [6, 6.07) is 4.61. The summed E-state index contributed by atoms with van der Waals surface area (Å²) in [5.74, 6) is -0.0917. The molecular formula is C17H24N4O. The van der Waals surface area contributed by atoms with E-state index in [4.69, 9.17) is 0 Å². The number of carbonyl (C=O) groups is 1. The highest BCUT2D eigenvalue weighted by Gasteiger charge is 2.18. The van der Waals surface area contributed by atoms with Crippen molar-refractivity contribution in [3.63, 3.8) is 0 Å².